The van der Waals surface area contributed by atoms with Gasteiger partial charge in [-0.15, -0.1) is 0 Å². The highest BCUT2D eigenvalue weighted by Gasteiger charge is 2.37. The van der Waals surface area contributed by atoms with E-state index in [4.69, 9.17) is 9.57 Å². The second kappa shape index (κ2) is 11.5. The molecule has 3 aromatic carbocycles. The van der Waals surface area contributed by atoms with Crippen molar-refractivity contribution in [2.75, 3.05) is 7.11 Å². The van der Waals surface area contributed by atoms with E-state index >= 15 is 0 Å². The van der Waals surface area contributed by atoms with E-state index in [1.807, 2.05) is 60.7 Å². The number of sulfonamides is 1. The molecule has 7 nitrogen and oxygen atoms in total. The Labute approximate surface area is 207 Å². The van der Waals surface area contributed by atoms with Gasteiger partial charge in [0, 0.05) is 6.54 Å². The molecule has 0 aliphatic heterocycles. The first-order chi connectivity index (χ1) is 16.6. The van der Waals surface area contributed by atoms with Gasteiger partial charge in [-0.1, -0.05) is 60.7 Å². The third-order valence-corrected chi connectivity index (χ3v) is 7.10. The fourth-order valence-corrected chi connectivity index (χ4v) is 5.02. The number of nitrogens with zero attached hydrogens (tertiary/aromatic N) is 1. The van der Waals surface area contributed by atoms with Crippen LogP contribution in [0.5, 0.6) is 5.75 Å². The fourth-order valence-electron chi connectivity index (χ4n) is 3.44. The van der Waals surface area contributed by atoms with Crippen LogP contribution in [0.15, 0.2) is 89.8 Å². The molecule has 0 spiro atoms. The average molecular weight is 497 g/mol. The molecule has 3 aromatic rings. The lowest BCUT2D eigenvalue weighted by Gasteiger charge is -2.31. The summed E-state index contributed by atoms with van der Waals surface area (Å²) in [5.74, 6) is -0.00693. The van der Waals surface area contributed by atoms with Crippen LogP contribution in [0, 0.1) is 0 Å². The molecule has 0 fully saturated rings. The lowest BCUT2D eigenvalue weighted by Crippen LogP contribution is -2.51. The first-order valence-electron chi connectivity index (χ1n) is 11.3. The van der Waals surface area contributed by atoms with E-state index in [9.17, 15) is 13.2 Å². The van der Waals surface area contributed by atoms with Gasteiger partial charge in [0.25, 0.3) is 5.91 Å². The Morgan fingerprint density at radius 2 is 1.43 bits per heavy atom. The quantitative estimate of drug-likeness (QED) is 0.422. The number of hydroxylamine groups is 1. The number of methoxy groups -OCH3 is 1. The molecule has 0 saturated heterocycles. The van der Waals surface area contributed by atoms with E-state index in [0.29, 0.717) is 5.75 Å². The summed E-state index contributed by atoms with van der Waals surface area (Å²) in [7, 11) is -2.57. The molecular formula is C27H32N2O5S. The van der Waals surface area contributed by atoms with Crippen LogP contribution in [-0.2, 0) is 32.6 Å². The minimum absolute atomic E-state index is 0.00956. The SMILES string of the molecule is COc1ccc(S(=O)(=O)N(Cc2ccccc2)C(Cc2ccccc2)C(=O)NOC(C)(C)C)cc1. The van der Waals surface area contributed by atoms with Crippen molar-refractivity contribution in [2.24, 2.45) is 0 Å². The van der Waals surface area contributed by atoms with Crippen LogP contribution in [0.4, 0.5) is 0 Å². The molecule has 0 aliphatic carbocycles. The molecular weight excluding hydrogens is 464 g/mol. The Kier molecular flexibility index (Phi) is 8.67. The van der Waals surface area contributed by atoms with Crippen molar-refractivity contribution in [1.29, 1.82) is 0 Å². The van der Waals surface area contributed by atoms with Crippen molar-refractivity contribution < 1.29 is 22.8 Å². The molecule has 0 radical (unpaired) electrons. The maximum atomic E-state index is 13.9. The van der Waals surface area contributed by atoms with Crippen LogP contribution in [0.1, 0.15) is 31.9 Å². The number of carbonyl (C=O) groups is 1. The second-order valence-electron chi connectivity index (χ2n) is 9.10. The van der Waals surface area contributed by atoms with Gasteiger partial charge < -0.3 is 4.74 Å². The molecule has 0 bridgehead atoms. The number of ether oxygens (including phenoxy) is 1. The summed E-state index contributed by atoms with van der Waals surface area (Å²) in [6.07, 6.45) is 0.169. The summed E-state index contributed by atoms with van der Waals surface area (Å²) in [5, 5.41) is 0. The number of rotatable bonds is 10. The molecule has 8 heteroatoms. The summed E-state index contributed by atoms with van der Waals surface area (Å²) in [4.78, 5) is 19.0. The summed E-state index contributed by atoms with van der Waals surface area (Å²) >= 11 is 0. The van der Waals surface area contributed by atoms with Gasteiger partial charge in [-0.05, 0) is 62.6 Å². The maximum Gasteiger partial charge on any atom is 0.262 e. The van der Waals surface area contributed by atoms with Crippen LogP contribution in [0.25, 0.3) is 0 Å². The Hall–Kier alpha value is -3.20. The van der Waals surface area contributed by atoms with E-state index in [-0.39, 0.29) is 17.9 Å². The Balaban J connectivity index is 2.07. The van der Waals surface area contributed by atoms with Gasteiger partial charge in [-0.2, -0.15) is 4.31 Å². The maximum absolute atomic E-state index is 13.9. The highest BCUT2D eigenvalue weighted by atomic mass is 32.2. The zero-order chi connectivity index (χ0) is 25.5. The standard InChI is InChI=1S/C27H32N2O5S/c1-27(2,3)34-28-26(30)25(19-21-11-7-5-8-12-21)29(20-22-13-9-6-10-14-22)35(31,32)24-17-15-23(33-4)16-18-24/h5-18,25H,19-20H2,1-4H3,(H,28,30). The van der Waals surface area contributed by atoms with Crippen molar-refractivity contribution >= 4 is 15.9 Å². The minimum atomic E-state index is -4.08. The molecule has 0 heterocycles. The van der Waals surface area contributed by atoms with Gasteiger partial charge in [0.1, 0.15) is 11.8 Å². The lowest BCUT2D eigenvalue weighted by molar-refractivity contribution is -0.149. The van der Waals surface area contributed by atoms with Crippen molar-refractivity contribution in [1.82, 2.24) is 9.79 Å². The van der Waals surface area contributed by atoms with Gasteiger partial charge in [0.2, 0.25) is 10.0 Å². The van der Waals surface area contributed by atoms with E-state index in [0.717, 1.165) is 11.1 Å². The Morgan fingerprint density at radius 3 is 1.94 bits per heavy atom. The molecule has 35 heavy (non-hydrogen) atoms. The van der Waals surface area contributed by atoms with E-state index < -0.39 is 27.6 Å². The van der Waals surface area contributed by atoms with Crippen LogP contribution in [0.2, 0.25) is 0 Å². The molecule has 3 rings (SSSR count). The summed E-state index contributed by atoms with van der Waals surface area (Å²) in [6, 6.07) is 23.6. The number of nitrogens with one attached hydrogen (secondary N) is 1. The molecule has 186 valence electrons. The number of carbonyl (C=O) groups excluding carboxylic acids is 1. The largest absolute Gasteiger partial charge is 0.497 e. The molecule has 1 unspecified atom stereocenters. The van der Waals surface area contributed by atoms with E-state index in [1.54, 1.807) is 32.9 Å². The third-order valence-electron chi connectivity index (χ3n) is 5.23. The molecule has 0 aromatic heterocycles. The topological polar surface area (TPSA) is 84.9 Å². The van der Waals surface area contributed by atoms with Crippen molar-refractivity contribution in [3.8, 4) is 5.75 Å². The van der Waals surface area contributed by atoms with E-state index in [1.165, 1.54) is 23.5 Å². The third kappa shape index (κ3) is 7.39. The number of amides is 1. The number of hydrogen-bond donors (Lipinski definition) is 1. The van der Waals surface area contributed by atoms with Crippen LogP contribution in [-0.4, -0.2) is 37.4 Å². The second-order valence-corrected chi connectivity index (χ2v) is 11.0. The summed E-state index contributed by atoms with van der Waals surface area (Å²) < 4.78 is 34.3. The van der Waals surface area contributed by atoms with Crippen molar-refractivity contribution in [2.45, 2.75) is 50.3 Å². The summed E-state index contributed by atoms with van der Waals surface area (Å²) in [5.41, 5.74) is 3.42. The normalized spacial score (nSPS) is 12.8. The minimum Gasteiger partial charge on any atom is -0.497 e. The zero-order valence-corrected chi connectivity index (χ0v) is 21.3. The van der Waals surface area contributed by atoms with Crippen LogP contribution >= 0.6 is 0 Å². The predicted molar refractivity (Wildman–Crippen MR) is 135 cm³/mol. The molecule has 1 atom stereocenters. The first kappa shape index (κ1) is 26.4. The fraction of sp³-hybridized carbons (Fsp3) is 0.296. The zero-order valence-electron chi connectivity index (χ0n) is 20.5. The van der Waals surface area contributed by atoms with Gasteiger partial charge in [-0.25, -0.2) is 13.9 Å². The van der Waals surface area contributed by atoms with Gasteiger partial charge in [0.15, 0.2) is 0 Å². The van der Waals surface area contributed by atoms with Gasteiger partial charge in [-0.3, -0.25) is 9.63 Å². The highest BCUT2D eigenvalue weighted by molar-refractivity contribution is 7.89. The lowest BCUT2D eigenvalue weighted by atomic mass is 10.0. The van der Waals surface area contributed by atoms with E-state index in [2.05, 4.69) is 5.48 Å². The van der Waals surface area contributed by atoms with Crippen LogP contribution < -0.4 is 10.2 Å². The molecule has 1 N–H and O–H groups in total. The van der Waals surface area contributed by atoms with Crippen molar-refractivity contribution in [3.05, 3.63) is 96.1 Å². The average Bonchev–Trinajstić information content (AvgIpc) is 2.85. The van der Waals surface area contributed by atoms with Gasteiger partial charge in [0.05, 0.1) is 17.6 Å². The van der Waals surface area contributed by atoms with Gasteiger partial charge >= 0.3 is 0 Å². The first-order valence-corrected chi connectivity index (χ1v) is 12.8. The number of benzene rings is 3. The molecule has 0 saturated carbocycles. The molecule has 0 aliphatic rings. The van der Waals surface area contributed by atoms with Crippen LogP contribution in [0.3, 0.4) is 0 Å². The highest BCUT2D eigenvalue weighted by Crippen LogP contribution is 2.25. The monoisotopic (exact) mass is 496 g/mol. The summed E-state index contributed by atoms with van der Waals surface area (Å²) in [6.45, 7) is 5.41. The number of hydrogen-bond acceptors (Lipinski definition) is 5. The predicted octanol–water partition coefficient (Wildman–Crippen LogP) is 4.34. The van der Waals surface area contributed by atoms with Crippen molar-refractivity contribution in [3.63, 3.8) is 0 Å². The Morgan fingerprint density at radius 1 is 0.886 bits per heavy atom. The smallest absolute Gasteiger partial charge is 0.262 e. The Bertz CT molecular complexity index is 1190. The molecule has 1 amide bonds.